The van der Waals surface area contributed by atoms with Crippen molar-refractivity contribution in [3.63, 3.8) is 0 Å². The number of hydrogen-bond acceptors (Lipinski definition) is 4. The molecule has 19 heavy (non-hydrogen) atoms. The Balaban J connectivity index is 2.96. The number of nitrogens with zero attached hydrogens (tertiary/aromatic N) is 2. The molecule has 0 spiro atoms. The van der Waals surface area contributed by atoms with E-state index in [0.717, 1.165) is 11.6 Å². The topological polar surface area (TPSA) is 58.0 Å². The van der Waals surface area contributed by atoms with Gasteiger partial charge in [0.15, 0.2) is 0 Å². The fourth-order valence-electron chi connectivity index (χ4n) is 1.80. The van der Waals surface area contributed by atoms with Crippen molar-refractivity contribution in [3.05, 3.63) is 17.0 Å². The Morgan fingerprint density at radius 1 is 1.32 bits per heavy atom. The number of halogens is 1. The minimum atomic E-state index is 0.0259. The number of aliphatic hydroxyl groups is 1. The Morgan fingerprint density at radius 2 is 1.95 bits per heavy atom. The highest BCUT2D eigenvalue weighted by Crippen LogP contribution is 2.26. The lowest BCUT2D eigenvalue weighted by atomic mass is 9.85. The van der Waals surface area contributed by atoms with Crippen molar-refractivity contribution in [2.45, 2.75) is 53.0 Å². The molecule has 4 nitrogen and oxygen atoms in total. The lowest BCUT2D eigenvalue weighted by Gasteiger charge is -2.31. The van der Waals surface area contributed by atoms with Crippen LogP contribution in [0.3, 0.4) is 0 Å². The van der Waals surface area contributed by atoms with Gasteiger partial charge in [0.2, 0.25) is 0 Å². The van der Waals surface area contributed by atoms with Crippen LogP contribution in [0.2, 0.25) is 5.15 Å². The van der Waals surface area contributed by atoms with Crippen LogP contribution in [0.4, 0.5) is 5.82 Å². The van der Waals surface area contributed by atoms with Gasteiger partial charge < -0.3 is 10.4 Å². The first-order valence-corrected chi connectivity index (χ1v) is 7.03. The van der Waals surface area contributed by atoms with Gasteiger partial charge in [-0.3, -0.25) is 0 Å². The zero-order valence-electron chi connectivity index (χ0n) is 12.4. The van der Waals surface area contributed by atoms with Crippen LogP contribution in [0.25, 0.3) is 0 Å². The average Bonchev–Trinajstić information content (AvgIpc) is 2.26. The van der Waals surface area contributed by atoms with E-state index >= 15 is 0 Å². The zero-order chi connectivity index (χ0) is 14.6. The molecule has 0 saturated heterocycles. The predicted octanol–water partition coefficient (Wildman–Crippen LogP) is 3.46. The highest BCUT2D eigenvalue weighted by Gasteiger charge is 2.24. The van der Waals surface area contributed by atoms with Gasteiger partial charge in [-0.25, -0.2) is 9.97 Å². The average molecular weight is 286 g/mol. The summed E-state index contributed by atoms with van der Waals surface area (Å²) in [6, 6.07) is 1.85. The first-order valence-electron chi connectivity index (χ1n) is 6.66. The first-order chi connectivity index (χ1) is 8.74. The summed E-state index contributed by atoms with van der Waals surface area (Å²) in [4.78, 5) is 8.69. The van der Waals surface area contributed by atoms with Crippen molar-refractivity contribution in [1.29, 1.82) is 0 Å². The van der Waals surface area contributed by atoms with Crippen LogP contribution in [-0.4, -0.2) is 27.7 Å². The second kappa shape index (κ2) is 6.53. The third-order valence-electron chi connectivity index (χ3n) is 3.01. The lowest BCUT2D eigenvalue weighted by Crippen LogP contribution is -2.35. The minimum Gasteiger partial charge on any atom is -0.396 e. The summed E-state index contributed by atoms with van der Waals surface area (Å²) < 4.78 is 0. The Kier molecular flexibility index (Phi) is 5.56. The summed E-state index contributed by atoms with van der Waals surface area (Å²) in [5, 5.41) is 13.0. The van der Waals surface area contributed by atoms with E-state index in [4.69, 9.17) is 11.6 Å². The lowest BCUT2D eigenvalue weighted by molar-refractivity contribution is 0.235. The molecular weight excluding hydrogens is 262 g/mol. The molecule has 0 saturated carbocycles. The van der Waals surface area contributed by atoms with Crippen molar-refractivity contribution >= 4 is 17.4 Å². The molecule has 0 aromatic carbocycles. The van der Waals surface area contributed by atoms with E-state index in [9.17, 15) is 5.11 Å². The van der Waals surface area contributed by atoms with Crippen molar-refractivity contribution in [2.75, 3.05) is 11.9 Å². The van der Waals surface area contributed by atoms with Crippen molar-refractivity contribution in [3.8, 4) is 0 Å². The Morgan fingerprint density at radius 3 is 2.42 bits per heavy atom. The van der Waals surface area contributed by atoms with Crippen LogP contribution in [-0.2, 0) is 0 Å². The van der Waals surface area contributed by atoms with Gasteiger partial charge in [-0.1, -0.05) is 46.2 Å². The smallest absolute Gasteiger partial charge is 0.135 e. The predicted molar refractivity (Wildman–Crippen MR) is 79.7 cm³/mol. The highest BCUT2D eigenvalue weighted by atomic mass is 35.5. The SMILES string of the molecule is CC(C)c1nc(Cl)cc(NC(CCO)C(C)(C)C)n1. The van der Waals surface area contributed by atoms with Gasteiger partial charge >= 0.3 is 0 Å². The molecule has 108 valence electrons. The van der Waals surface area contributed by atoms with Gasteiger partial charge in [-0.05, 0) is 11.8 Å². The van der Waals surface area contributed by atoms with Crippen LogP contribution in [0.15, 0.2) is 6.07 Å². The fraction of sp³-hybridized carbons (Fsp3) is 0.714. The number of nitrogens with one attached hydrogen (secondary N) is 1. The molecule has 0 aliphatic carbocycles. The maximum absolute atomic E-state index is 9.18. The van der Waals surface area contributed by atoms with Crippen LogP contribution in [0.1, 0.15) is 52.8 Å². The number of anilines is 1. The Labute approximate surface area is 120 Å². The van der Waals surface area contributed by atoms with Gasteiger partial charge in [0.05, 0.1) is 0 Å². The molecule has 0 amide bonds. The van der Waals surface area contributed by atoms with E-state index in [0.29, 0.717) is 11.6 Å². The number of rotatable bonds is 5. The van der Waals surface area contributed by atoms with Gasteiger partial charge in [0.25, 0.3) is 0 Å². The molecule has 1 heterocycles. The molecule has 0 aliphatic rings. The molecule has 0 fully saturated rings. The zero-order valence-corrected chi connectivity index (χ0v) is 13.1. The first kappa shape index (κ1) is 16.2. The maximum Gasteiger partial charge on any atom is 0.135 e. The largest absolute Gasteiger partial charge is 0.396 e. The fourth-order valence-corrected chi connectivity index (χ4v) is 1.99. The van der Waals surface area contributed by atoms with E-state index in [1.807, 2.05) is 13.8 Å². The molecule has 1 rings (SSSR count). The van der Waals surface area contributed by atoms with Gasteiger partial charge in [0, 0.05) is 24.6 Å². The van der Waals surface area contributed by atoms with E-state index < -0.39 is 0 Å². The molecule has 0 radical (unpaired) electrons. The van der Waals surface area contributed by atoms with Crippen molar-refractivity contribution in [1.82, 2.24) is 9.97 Å². The molecule has 5 heteroatoms. The Hall–Kier alpha value is -0.870. The van der Waals surface area contributed by atoms with Crippen molar-refractivity contribution < 1.29 is 5.11 Å². The third kappa shape index (κ3) is 4.96. The van der Waals surface area contributed by atoms with Crippen LogP contribution in [0, 0.1) is 5.41 Å². The van der Waals surface area contributed by atoms with E-state index in [1.165, 1.54) is 0 Å². The molecular formula is C14H24ClN3O. The summed E-state index contributed by atoms with van der Waals surface area (Å²) in [7, 11) is 0. The summed E-state index contributed by atoms with van der Waals surface area (Å²) in [5.41, 5.74) is 0.0259. The van der Waals surface area contributed by atoms with E-state index in [1.54, 1.807) is 6.07 Å². The number of aliphatic hydroxyl groups excluding tert-OH is 1. The number of hydrogen-bond donors (Lipinski definition) is 2. The van der Waals surface area contributed by atoms with Gasteiger partial charge in [-0.2, -0.15) is 0 Å². The van der Waals surface area contributed by atoms with Crippen LogP contribution < -0.4 is 5.32 Å². The summed E-state index contributed by atoms with van der Waals surface area (Å²) in [6.07, 6.45) is 0.669. The Bertz CT molecular complexity index is 416. The molecule has 1 aromatic heterocycles. The maximum atomic E-state index is 9.18. The molecule has 2 N–H and O–H groups in total. The second-order valence-electron chi connectivity index (χ2n) is 6.16. The van der Waals surface area contributed by atoms with E-state index in [2.05, 4.69) is 36.1 Å². The van der Waals surface area contributed by atoms with Crippen LogP contribution >= 0.6 is 11.6 Å². The third-order valence-corrected chi connectivity index (χ3v) is 3.21. The summed E-state index contributed by atoms with van der Waals surface area (Å²) >= 11 is 6.03. The highest BCUT2D eigenvalue weighted by molar-refractivity contribution is 6.29. The van der Waals surface area contributed by atoms with Crippen molar-refractivity contribution in [2.24, 2.45) is 5.41 Å². The summed E-state index contributed by atoms with van der Waals surface area (Å²) in [6.45, 7) is 10.6. The standard InChI is InChI=1S/C14H24ClN3O/c1-9(2)13-17-11(15)8-12(18-13)16-10(6-7-19)14(3,4)5/h8-10,19H,6-7H2,1-5H3,(H,16,17,18). The quantitative estimate of drug-likeness (QED) is 0.814. The summed E-state index contributed by atoms with van der Waals surface area (Å²) in [5.74, 6) is 1.67. The molecule has 1 atom stereocenters. The van der Waals surface area contributed by atoms with Gasteiger partial charge in [0.1, 0.15) is 16.8 Å². The number of aromatic nitrogens is 2. The minimum absolute atomic E-state index is 0.0259. The van der Waals surface area contributed by atoms with Gasteiger partial charge in [-0.15, -0.1) is 0 Å². The normalized spacial score (nSPS) is 13.7. The molecule has 1 unspecified atom stereocenters. The molecule has 0 aliphatic heterocycles. The van der Waals surface area contributed by atoms with Crippen LogP contribution in [0.5, 0.6) is 0 Å². The molecule has 0 bridgehead atoms. The molecule has 1 aromatic rings. The second-order valence-corrected chi connectivity index (χ2v) is 6.55. The monoisotopic (exact) mass is 285 g/mol. The van der Waals surface area contributed by atoms with E-state index in [-0.39, 0.29) is 24.0 Å².